The minimum atomic E-state index is -1.19. The monoisotopic (exact) mass is 373 g/mol. The highest BCUT2D eigenvalue weighted by atomic mass is 16.5. The molecule has 144 valence electrons. The summed E-state index contributed by atoms with van der Waals surface area (Å²) in [5, 5.41) is 14.5. The Morgan fingerprint density at radius 3 is 2.63 bits per heavy atom. The number of carboxylic acid groups (broad SMARTS) is 1. The van der Waals surface area contributed by atoms with Crippen LogP contribution in [0.25, 0.3) is 0 Å². The number of aliphatic carboxylic acids is 1. The van der Waals surface area contributed by atoms with Crippen molar-refractivity contribution < 1.29 is 24.2 Å². The summed E-state index contributed by atoms with van der Waals surface area (Å²) in [4.78, 5) is 27.3. The molecule has 2 aromatic rings. The van der Waals surface area contributed by atoms with Crippen molar-refractivity contribution in [3.05, 3.63) is 59.8 Å². The van der Waals surface area contributed by atoms with Crippen LogP contribution in [0.4, 0.5) is 10.6 Å². The number of nitrogens with one attached hydrogen (secondary N) is 2. The van der Waals surface area contributed by atoms with Gasteiger partial charge in [-0.25, -0.2) is 14.6 Å². The molecule has 1 unspecified atom stereocenters. The predicted octanol–water partition coefficient (Wildman–Crippen LogP) is 2.20. The Kier molecular flexibility index (Phi) is 8.05. The summed E-state index contributed by atoms with van der Waals surface area (Å²) >= 11 is 0. The van der Waals surface area contributed by atoms with Crippen molar-refractivity contribution in [3.63, 3.8) is 0 Å². The molecule has 0 spiro atoms. The van der Waals surface area contributed by atoms with Crippen LogP contribution in [0.15, 0.2) is 48.5 Å². The summed E-state index contributed by atoms with van der Waals surface area (Å²) in [7, 11) is 0. The van der Waals surface area contributed by atoms with E-state index in [0.29, 0.717) is 12.4 Å². The zero-order valence-electron chi connectivity index (χ0n) is 15.1. The van der Waals surface area contributed by atoms with Crippen molar-refractivity contribution in [2.75, 3.05) is 25.1 Å². The molecule has 8 nitrogen and oxygen atoms in total. The number of hydrogen-bond acceptors (Lipinski definition) is 6. The number of anilines is 1. The van der Waals surface area contributed by atoms with Gasteiger partial charge < -0.3 is 25.2 Å². The number of nitrogens with zero attached hydrogens (tertiary/aromatic N) is 1. The van der Waals surface area contributed by atoms with Gasteiger partial charge in [-0.15, -0.1) is 0 Å². The molecule has 1 heterocycles. The number of carbonyl (C=O) groups is 2. The maximum atomic E-state index is 11.8. The number of amides is 1. The van der Waals surface area contributed by atoms with E-state index in [-0.39, 0.29) is 19.8 Å². The number of aromatic nitrogens is 1. The first kappa shape index (κ1) is 20.2. The Labute approximate surface area is 157 Å². The quantitative estimate of drug-likeness (QED) is 0.548. The minimum Gasteiger partial charge on any atom is -0.480 e. The summed E-state index contributed by atoms with van der Waals surface area (Å²) in [6.45, 7) is 2.39. The van der Waals surface area contributed by atoms with Gasteiger partial charge in [0.15, 0.2) is 6.04 Å². The lowest BCUT2D eigenvalue weighted by Gasteiger charge is -2.15. The molecule has 2 rings (SSSR count). The van der Waals surface area contributed by atoms with E-state index in [1.807, 2.05) is 49.4 Å². The van der Waals surface area contributed by atoms with Gasteiger partial charge in [0.05, 0.1) is 19.8 Å². The molecule has 0 saturated carbocycles. The second-order valence-electron chi connectivity index (χ2n) is 5.76. The Bertz CT molecular complexity index is 739. The number of rotatable bonds is 10. The minimum absolute atomic E-state index is 0.0681. The summed E-state index contributed by atoms with van der Waals surface area (Å²) < 4.78 is 10.3. The molecule has 3 N–H and O–H groups in total. The maximum absolute atomic E-state index is 11.8. The molecule has 1 atom stereocenters. The van der Waals surface area contributed by atoms with Crippen molar-refractivity contribution in [1.29, 1.82) is 0 Å². The van der Waals surface area contributed by atoms with Crippen LogP contribution in [0.3, 0.4) is 0 Å². The normalized spacial score (nSPS) is 11.4. The lowest BCUT2D eigenvalue weighted by Crippen LogP contribution is -2.44. The first-order chi connectivity index (χ1) is 13.0. The third-order valence-electron chi connectivity index (χ3n) is 3.52. The van der Waals surface area contributed by atoms with Crippen molar-refractivity contribution in [2.45, 2.75) is 19.6 Å². The Morgan fingerprint density at radius 1 is 1.15 bits per heavy atom. The summed E-state index contributed by atoms with van der Waals surface area (Å²) in [5.74, 6) is -0.515. The lowest BCUT2D eigenvalue weighted by atomic mass is 10.2. The summed E-state index contributed by atoms with van der Waals surface area (Å²) in [5.41, 5.74) is 1.79. The van der Waals surface area contributed by atoms with E-state index in [4.69, 9.17) is 9.47 Å². The van der Waals surface area contributed by atoms with Crippen molar-refractivity contribution in [1.82, 2.24) is 10.3 Å². The molecule has 8 heteroatoms. The molecule has 0 saturated heterocycles. The summed E-state index contributed by atoms with van der Waals surface area (Å²) in [6, 6.07) is 13.7. The zero-order valence-corrected chi connectivity index (χ0v) is 15.1. The van der Waals surface area contributed by atoms with Crippen molar-refractivity contribution in [2.24, 2.45) is 0 Å². The number of alkyl carbamates (subject to hydrolysis) is 1. The van der Waals surface area contributed by atoms with Gasteiger partial charge in [-0.3, -0.25) is 0 Å². The lowest BCUT2D eigenvalue weighted by molar-refractivity contribution is -0.141. The van der Waals surface area contributed by atoms with Crippen LogP contribution in [0.1, 0.15) is 11.3 Å². The van der Waals surface area contributed by atoms with Gasteiger partial charge in [0.2, 0.25) is 0 Å². The van der Waals surface area contributed by atoms with Crippen LogP contribution in [-0.2, 0) is 20.9 Å². The number of pyridine rings is 1. The molecule has 0 aliphatic rings. The summed E-state index contributed by atoms with van der Waals surface area (Å²) in [6.07, 6.45) is -0.815. The first-order valence-electron chi connectivity index (χ1n) is 8.50. The van der Waals surface area contributed by atoms with E-state index >= 15 is 0 Å². The van der Waals surface area contributed by atoms with E-state index in [1.54, 1.807) is 6.07 Å². The molecule has 0 aliphatic carbocycles. The fourth-order valence-corrected chi connectivity index (χ4v) is 2.19. The molecule has 1 amide bonds. The average Bonchev–Trinajstić information content (AvgIpc) is 2.65. The van der Waals surface area contributed by atoms with Crippen LogP contribution in [-0.4, -0.2) is 48.0 Å². The van der Waals surface area contributed by atoms with Crippen LogP contribution in [0.5, 0.6) is 0 Å². The molecule has 0 aliphatic heterocycles. The number of ether oxygens (including phenoxy) is 2. The van der Waals surface area contributed by atoms with Crippen LogP contribution >= 0.6 is 0 Å². The highest BCUT2D eigenvalue weighted by Crippen LogP contribution is 2.03. The third kappa shape index (κ3) is 7.74. The van der Waals surface area contributed by atoms with Crippen LogP contribution in [0, 0.1) is 6.92 Å². The Morgan fingerprint density at radius 2 is 1.93 bits per heavy atom. The van der Waals surface area contributed by atoms with Gasteiger partial charge in [0.25, 0.3) is 0 Å². The van der Waals surface area contributed by atoms with Gasteiger partial charge in [-0.05, 0) is 24.6 Å². The Balaban J connectivity index is 1.67. The van der Waals surface area contributed by atoms with Gasteiger partial charge >= 0.3 is 12.1 Å². The fraction of sp³-hybridized carbons (Fsp3) is 0.316. The SMILES string of the molecule is Cc1cccc(NCCOC(=O)NC(COCc2ccccc2)C(=O)O)n1. The number of carbonyl (C=O) groups excluding carboxylic acids is 1. The maximum Gasteiger partial charge on any atom is 0.407 e. The fourth-order valence-electron chi connectivity index (χ4n) is 2.19. The van der Waals surface area contributed by atoms with E-state index in [2.05, 4.69) is 15.6 Å². The molecule has 0 fully saturated rings. The molecule has 0 bridgehead atoms. The average molecular weight is 373 g/mol. The predicted molar refractivity (Wildman–Crippen MR) is 99.5 cm³/mol. The zero-order chi connectivity index (χ0) is 19.5. The second-order valence-corrected chi connectivity index (χ2v) is 5.76. The van der Waals surface area contributed by atoms with Gasteiger partial charge in [-0.1, -0.05) is 36.4 Å². The molecule has 1 aromatic carbocycles. The van der Waals surface area contributed by atoms with Gasteiger partial charge in [0.1, 0.15) is 12.4 Å². The standard InChI is InChI=1S/C19H23N3O5/c1-14-6-5-9-17(21-14)20-10-11-27-19(25)22-16(18(23)24)13-26-12-15-7-3-2-4-8-15/h2-9,16H,10-13H2,1H3,(H,20,21)(H,22,25)(H,23,24). The topological polar surface area (TPSA) is 110 Å². The number of hydrogen-bond donors (Lipinski definition) is 3. The Hall–Kier alpha value is -3.13. The molecule has 0 radical (unpaired) electrons. The molecule has 27 heavy (non-hydrogen) atoms. The van der Waals surface area contributed by atoms with E-state index in [9.17, 15) is 14.7 Å². The smallest absolute Gasteiger partial charge is 0.407 e. The largest absolute Gasteiger partial charge is 0.480 e. The van der Waals surface area contributed by atoms with Gasteiger partial charge in [0, 0.05) is 5.69 Å². The highest BCUT2D eigenvalue weighted by Gasteiger charge is 2.20. The second kappa shape index (κ2) is 10.8. The van der Waals surface area contributed by atoms with Crippen molar-refractivity contribution >= 4 is 17.9 Å². The molecule has 1 aromatic heterocycles. The number of benzene rings is 1. The third-order valence-corrected chi connectivity index (χ3v) is 3.52. The van der Waals surface area contributed by atoms with E-state index < -0.39 is 18.1 Å². The number of carboxylic acids is 1. The van der Waals surface area contributed by atoms with Crippen LogP contribution in [0.2, 0.25) is 0 Å². The highest BCUT2D eigenvalue weighted by molar-refractivity contribution is 5.80. The van der Waals surface area contributed by atoms with E-state index in [1.165, 1.54) is 0 Å². The first-order valence-corrected chi connectivity index (χ1v) is 8.50. The molecular formula is C19H23N3O5. The van der Waals surface area contributed by atoms with Crippen LogP contribution < -0.4 is 10.6 Å². The molecular weight excluding hydrogens is 350 g/mol. The van der Waals surface area contributed by atoms with E-state index in [0.717, 1.165) is 11.3 Å². The van der Waals surface area contributed by atoms with Crippen molar-refractivity contribution in [3.8, 4) is 0 Å². The number of aryl methyl sites for hydroxylation is 1. The van der Waals surface area contributed by atoms with Gasteiger partial charge in [-0.2, -0.15) is 0 Å².